The maximum Gasteiger partial charge on any atom is 0.280 e. The molecule has 0 aliphatic rings. The number of phenols is 1. The summed E-state index contributed by atoms with van der Waals surface area (Å²) in [4.78, 5) is 11.2. The minimum absolute atomic E-state index is 0.131. The molecule has 2 aromatic rings. The molecule has 7 heteroatoms. The first kappa shape index (κ1) is 12.3. The van der Waals surface area contributed by atoms with Crippen molar-refractivity contribution < 1.29 is 5.11 Å². The Balaban J connectivity index is 2.15. The van der Waals surface area contributed by atoms with E-state index in [1.54, 1.807) is 24.3 Å². The van der Waals surface area contributed by atoms with Crippen LogP contribution in [0, 0.1) is 0 Å². The van der Waals surface area contributed by atoms with Crippen LogP contribution in [0.2, 0.25) is 0 Å². The van der Waals surface area contributed by atoms with Gasteiger partial charge in [0.15, 0.2) is 0 Å². The Morgan fingerprint density at radius 3 is 3.00 bits per heavy atom. The monoisotopic (exact) mass is 308 g/mol. The maximum atomic E-state index is 11.2. The fourth-order valence-corrected chi connectivity index (χ4v) is 1.51. The number of aromatic nitrogens is 2. The molecule has 0 atom stereocenters. The van der Waals surface area contributed by atoms with Gasteiger partial charge < -0.3 is 5.11 Å². The molecule has 18 heavy (non-hydrogen) atoms. The van der Waals surface area contributed by atoms with Gasteiger partial charge in [-0.3, -0.25) is 10.2 Å². The highest BCUT2D eigenvalue weighted by atomic mass is 79.9. The Kier molecular flexibility index (Phi) is 3.73. The predicted octanol–water partition coefficient (Wildman–Crippen LogP) is 1.68. The predicted molar refractivity (Wildman–Crippen MR) is 71.9 cm³/mol. The van der Waals surface area contributed by atoms with E-state index in [1.165, 1.54) is 12.4 Å². The molecule has 3 N–H and O–H groups in total. The van der Waals surface area contributed by atoms with Gasteiger partial charge in [0.05, 0.1) is 18.1 Å². The van der Waals surface area contributed by atoms with Gasteiger partial charge in [0.2, 0.25) is 0 Å². The summed E-state index contributed by atoms with van der Waals surface area (Å²) in [6.07, 6.45) is 2.87. The highest BCUT2D eigenvalue weighted by Gasteiger charge is 2.02. The van der Waals surface area contributed by atoms with Gasteiger partial charge in [-0.25, -0.2) is 5.10 Å². The molecule has 0 amide bonds. The number of nitrogens with zero attached hydrogens (tertiary/aromatic N) is 2. The van der Waals surface area contributed by atoms with Crippen molar-refractivity contribution in [3.63, 3.8) is 0 Å². The number of nitrogens with one attached hydrogen (secondary N) is 2. The van der Waals surface area contributed by atoms with Crippen LogP contribution in [-0.2, 0) is 0 Å². The van der Waals surface area contributed by atoms with Gasteiger partial charge in [0.1, 0.15) is 10.2 Å². The quantitative estimate of drug-likeness (QED) is 0.594. The normalized spacial score (nSPS) is 10.7. The van der Waals surface area contributed by atoms with Crippen molar-refractivity contribution in [2.75, 3.05) is 5.43 Å². The number of anilines is 1. The highest BCUT2D eigenvalue weighted by Crippen LogP contribution is 2.16. The van der Waals surface area contributed by atoms with Crippen LogP contribution in [0.5, 0.6) is 5.75 Å². The lowest BCUT2D eigenvalue weighted by molar-refractivity contribution is 0.474. The van der Waals surface area contributed by atoms with E-state index in [9.17, 15) is 9.90 Å². The van der Waals surface area contributed by atoms with Crippen molar-refractivity contribution in [3.05, 3.63) is 50.9 Å². The number of para-hydroxylation sites is 1. The first-order valence-electron chi connectivity index (χ1n) is 4.99. The Morgan fingerprint density at radius 2 is 2.22 bits per heavy atom. The molecule has 0 spiro atoms. The zero-order valence-electron chi connectivity index (χ0n) is 9.09. The van der Waals surface area contributed by atoms with Crippen LogP contribution >= 0.6 is 15.9 Å². The molecule has 0 bridgehead atoms. The van der Waals surface area contributed by atoms with E-state index >= 15 is 0 Å². The minimum Gasteiger partial charge on any atom is -0.507 e. The first-order valence-corrected chi connectivity index (χ1v) is 5.78. The van der Waals surface area contributed by atoms with Crippen molar-refractivity contribution in [2.45, 2.75) is 0 Å². The van der Waals surface area contributed by atoms with Crippen LogP contribution in [0.4, 0.5) is 5.69 Å². The molecule has 6 nitrogen and oxygen atoms in total. The second-order valence-electron chi connectivity index (χ2n) is 3.36. The van der Waals surface area contributed by atoms with Crippen LogP contribution in [0.15, 0.2) is 44.8 Å². The molecule has 0 unspecified atom stereocenters. The van der Waals surface area contributed by atoms with Crippen LogP contribution in [-0.4, -0.2) is 21.5 Å². The second kappa shape index (κ2) is 5.46. The van der Waals surface area contributed by atoms with Crippen molar-refractivity contribution in [1.29, 1.82) is 0 Å². The lowest BCUT2D eigenvalue weighted by Crippen LogP contribution is -2.10. The second-order valence-corrected chi connectivity index (χ2v) is 4.15. The molecule has 92 valence electrons. The van der Waals surface area contributed by atoms with E-state index < -0.39 is 0 Å². The molecule has 0 saturated heterocycles. The Labute approximate surface area is 110 Å². The van der Waals surface area contributed by atoms with E-state index in [0.717, 1.165) is 0 Å². The number of rotatable bonds is 3. The summed E-state index contributed by atoms with van der Waals surface area (Å²) >= 11 is 3.11. The number of hydrazone groups is 1. The molecule has 0 aliphatic carbocycles. The largest absolute Gasteiger partial charge is 0.507 e. The Bertz CT molecular complexity index is 639. The van der Waals surface area contributed by atoms with Crippen molar-refractivity contribution in [1.82, 2.24) is 10.2 Å². The summed E-state index contributed by atoms with van der Waals surface area (Å²) in [6, 6.07) is 6.78. The smallest absolute Gasteiger partial charge is 0.280 e. The van der Waals surface area contributed by atoms with E-state index in [2.05, 4.69) is 36.7 Å². The summed E-state index contributed by atoms with van der Waals surface area (Å²) in [5.74, 6) is 0.131. The fraction of sp³-hybridized carbons (Fsp3) is 0. The Hall–Kier alpha value is -2.15. The number of halogens is 1. The summed E-state index contributed by atoms with van der Waals surface area (Å²) in [5.41, 5.74) is 3.31. The summed E-state index contributed by atoms with van der Waals surface area (Å²) in [5, 5.41) is 19.3. The van der Waals surface area contributed by atoms with E-state index in [4.69, 9.17) is 0 Å². The van der Waals surface area contributed by atoms with Crippen LogP contribution < -0.4 is 11.0 Å². The van der Waals surface area contributed by atoms with Crippen molar-refractivity contribution in [3.8, 4) is 5.75 Å². The SMILES string of the molecule is O=c1[nH]ncc(N/N=C/c2ccccc2O)c1Br. The lowest BCUT2D eigenvalue weighted by Gasteiger charge is -2.01. The molecule has 1 aromatic carbocycles. The first-order chi connectivity index (χ1) is 8.68. The zero-order chi connectivity index (χ0) is 13.0. The Morgan fingerprint density at radius 1 is 1.44 bits per heavy atom. The van der Waals surface area contributed by atoms with Crippen LogP contribution in [0.1, 0.15) is 5.56 Å². The maximum absolute atomic E-state index is 11.2. The molecule has 2 rings (SSSR count). The minimum atomic E-state index is -0.349. The van der Waals surface area contributed by atoms with Gasteiger partial charge in [0.25, 0.3) is 5.56 Å². The van der Waals surface area contributed by atoms with E-state index in [1.807, 2.05) is 0 Å². The molecule has 1 aromatic heterocycles. The third-order valence-electron chi connectivity index (χ3n) is 2.12. The highest BCUT2D eigenvalue weighted by molar-refractivity contribution is 9.10. The van der Waals surface area contributed by atoms with Gasteiger partial charge in [-0.2, -0.15) is 10.2 Å². The molecule has 0 radical (unpaired) electrons. The molecule has 0 saturated carbocycles. The van der Waals surface area contributed by atoms with Gasteiger partial charge in [0, 0.05) is 5.56 Å². The number of phenolic OH excluding ortho intramolecular Hbond substituents is 1. The molecule has 1 heterocycles. The molecular weight excluding hydrogens is 300 g/mol. The average molecular weight is 309 g/mol. The number of hydrogen-bond acceptors (Lipinski definition) is 5. The van der Waals surface area contributed by atoms with E-state index in [-0.39, 0.29) is 11.3 Å². The average Bonchev–Trinajstić information content (AvgIpc) is 2.37. The molecule has 0 aliphatic heterocycles. The van der Waals surface area contributed by atoms with Gasteiger partial charge >= 0.3 is 0 Å². The zero-order valence-corrected chi connectivity index (χ0v) is 10.7. The van der Waals surface area contributed by atoms with Gasteiger partial charge in [-0.1, -0.05) is 12.1 Å². The van der Waals surface area contributed by atoms with Gasteiger partial charge in [-0.15, -0.1) is 0 Å². The number of aromatic amines is 1. The molecular formula is C11H9BrN4O2. The van der Waals surface area contributed by atoms with Crippen LogP contribution in [0.25, 0.3) is 0 Å². The third kappa shape index (κ3) is 2.75. The van der Waals surface area contributed by atoms with Crippen molar-refractivity contribution in [2.24, 2.45) is 5.10 Å². The lowest BCUT2D eigenvalue weighted by atomic mass is 10.2. The number of benzene rings is 1. The summed E-state index contributed by atoms with van der Waals surface area (Å²) in [6.45, 7) is 0. The number of H-pyrrole nitrogens is 1. The number of hydrogen-bond donors (Lipinski definition) is 3. The summed E-state index contributed by atoms with van der Waals surface area (Å²) < 4.78 is 0.312. The van der Waals surface area contributed by atoms with Crippen LogP contribution in [0.3, 0.4) is 0 Å². The van der Waals surface area contributed by atoms with E-state index in [0.29, 0.717) is 15.7 Å². The van der Waals surface area contributed by atoms with Gasteiger partial charge in [-0.05, 0) is 28.1 Å². The van der Waals surface area contributed by atoms with Crippen molar-refractivity contribution >= 4 is 27.8 Å². The third-order valence-corrected chi connectivity index (χ3v) is 2.91. The molecule has 0 fully saturated rings. The summed E-state index contributed by atoms with van der Waals surface area (Å²) in [7, 11) is 0. The fourth-order valence-electron chi connectivity index (χ4n) is 1.23. The standard InChI is InChI=1S/C11H9BrN4O2/c12-10-8(6-14-16-11(10)18)15-13-5-7-3-1-2-4-9(7)17/h1-6,17H,(H2,15,16,18)/b13-5+. The number of aromatic hydroxyl groups is 1. The topological polar surface area (TPSA) is 90.4 Å².